The van der Waals surface area contributed by atoms with Gasteiger partial charge in [0, 0.05) is 10.5 Å². The summed E-state index contributed by atoms with van der Waals surface area (Å²) in [4.78, 5) is 11.4. The van der Waals surface area contributed by atoms with Gasteiger partial charge in [-0.1, -0.05) is 52.3 Å². The van der Waals surface area contributed by atoms with Crippen LogP contribution in [0.15, 0.2) is 59.1 Å². The average molecular weight is 412 g/mol. The van der Waals surface area contributed by atoms with Gasteiger partial charge >= 0.3 is 5.97 Å². The van der Waals surface area contributed by atoms with E-state index in [2.05, 4.69) is 22.0 Å². The Bertz CT molecular complexity index is 636. The summed E-state index contributed by atoms with van der Waals surface area (Å²) < 4.78 is 5.92. The maximum Gasteiger partial charge on any atom is 0.330 e. The molecule has 0 saturated heterocycles. The molecule has 0 saturated carbocycles. The molecule has 0 spiro atoms. The first-order chi connectivity index (χ1) is 9.70. The van der Waals surface area contributed by atoms with Crippen molar-refractivity contribution in [1.82, 2.24) is 0 Å². The Morgan fingerprint density at radius 2 is 1.95 bits per heavy atom. The zero-order valence-corrected chi connectivity index (χ0v) is 14.9. The molecule has 0 fully saturated rings. The van der Waals surface area contributed by atoms with Crippen molar-refractivity contribution in [2.24, 2.45) is 0 Å². The zero-order chi connectivity index (χ0) is 14.4. The van der Waals surface area contributed by atoms with Crippen molar-refractivity contribution in [2.45, 2.75) is 6.92 Å². The van der Waals surface area contributed by atoms with Crippen LogP contribution in [0.25, 0.3) is 17.2 Å². The highest BCUT2D eigenvalue weighted by Crippen LogP contribution is 2.27. The van der Waals surface area contributed by atoms with Crippen molar-refractivity contribution in [3.63, 3.8) is 0 Å². The molecule has 0 aliphatic carbocycles. The summed E-state index contributed by atoms with van der Waals surface area (Å²) in [6, 6.07) is 16.0. The number of carbonyl (C=O) groups is 1. The number of carbonyl (C=O) groups excluding carboxylic acids is 1. The van der Waals surface area contributed by atoms with E-state index in [9.17, 15) is 4.79 Å². The van der Waals surface area contributed by atoms with E-state index in [0.29, 0.717) is 6.61 Å². The molecule has 2 aromatic rings. The van der Waals surface area contributed by atoms with Gasteiger partial charge in [-0.3, -0.25) is 0 Å². The highest BCUT2D eigenvalue weighted by atomic mass is 79.9. The summed E-state index contributed by atoms with van der Waals surface area (Å²) in [5, 5.41) is 0. The number of rotatable bonds is 4. The molecular formula is C17H16Br2O2. The lowest BCUT2D eigenvalue weighted by molar-refractivity contribution is -0.137. The second kappa shape index (κ2) is 8.80. The van der Waals surface area contributed by atoms with Gasteiger partial charge < -0.3 is 4.74 Å². The van der Waals surface area contributed by atoms with Gasteiger partial charge in [0.1, 0.15) is 0 Å². The molecule has 21 heavy (non-hydrogen) atoms. The highest BCUT2D eigenvalue weighted by molar-refractivity contribution is 9.10. The molecule has 0 bridgehead atoms. The normalized spacial score (nSPS) is 10.2. The second-order valence-corrected chi connectivity index (χ2v) is 5.10. The van der Waals surface area contributed by atoms with E-state index in [-0.39, 0.29) is 23.0 Å². The molecule has 2 rings (SSSR count). The standard InChI is InChI=1S/C17H15BrO2.BrH/c1-2-20-17(19)11-10-13-6-3-4-9-16(13)14-7-5-8-15(18)12-14;/h3-12H,2H2,1H3;1H/b11-10+;. The monoisotopic (exact) mass is 410 g/mol. The Morgan fingerprint density at radius 3 is 2.67 bits per heavy atom. The van der Waals surface area contributed by atoms with Crippen LogP contribution >= 0.6 is 32.9 Å². The number of halogens is 2. The Balaban J connectivity index is 0.00000220. The minimum atomic E-state index is -0.323. The van der Waals surface area contributed by atoms with Crippen LogP contribution in [0.3, 0.4) is 0 Å². The maximum absolute atomic E-state index is 11.4. The van der Waals surface area contributed by atoms with Crippen LogP contribution in [0.1, 0.15) is 12.5 Å². The lowest BCUT2D eigenvalue weighted by Crippen LogP contribution is -1.98. The first kappa shape index (κ1) is 17.7. The third kappa shape index (κ3) is 5.14. The van der Waals surface area contributed by atoms with Crippen molar-refractivity contribution < 1.29 is 9.53 Å². The summed E-state index contributed by atoms with van der Waals surface area (Å²) in [6.45, 7) is 2.18. The molecule has 0 unspecified atom stereocenters. The summed E-state index contributed by atoms with van der Waals surface area (Å²) in [7, 11) is 0. The van der Waals surface area contributed by atoms with Crippen LogP contribution in [0.5, 0.6) is 0 Å². The topological polar surface area (TPSA) is 26.3 Å². The van der Waals surface area contributed by atoms with Gasteiger partial charge in [0.15, 0.2) is 0 Å². The molecule has 110 valence electrons. The predicted octanol–water partition coefficient (Wildman–Crippen LogP) is 5.27. The number of ether oxygens (including phenoxy) is 1. The summed E-state index contributed by atoms with van der Waals surface area (Å²) >= 11 is 3.47. The van der Waals surface area contributed by atoms with E-state index in [1.807, 2.05) is 42.5 Å². The molecule has 0 amide bonds. The van der Waals surface area contributed by atoms with E-state index in [1.165, 1.54) is 6.08 Å². The fourth-order valence-corrected chi connectivity index (χ4v) is 2.31. The van der Waals surface area contributed by atoms with Crippen LogP contribution in [0, 0.1) is 0 Å². The van der Waals surface area contributed by atoms with Gasteiger partial charge in [0.2, 0.25) is 0 Å². The van der Waals surface area contributed by atoms with Crippen LogP contribution < -0.4 is 0 Å². The van der Waals surface area contributed by atoms with Crippen molar-refractivity contribution >= 4 is 45.0 Å². The van der Waals surface area contributed by atoms with E-state index in [1.54, 1.807) is 13.0 Å². The van der Waals surface area contributed by atoms with Crippen LogP contribution in [0.4, 0.5) is 0 Å². The van der Waals surface area contributed by atoms with Crippen LogP contribution in [0.2, 0.25) is 0 Å². The van der Waals surface area contributed by atoms with Crippen molar-refractivity contribution in [3.8, 4) is 11.1 Å². The number of hydrogen-bond acceptors (Lipinski definition) is 2. The van der Waals surface area contributed by atoms with Crippen LogP contribution in [-0.4, -0.2) is 12.6 Å². The predicted molar refractivity (Wildman–Crippen MR) is 95.6 cm³/mol. The highest BCUT2D eigenvalue weighted by Gasteiger charge is 2.03. The first-order valence-corrected chi connectivity index (χ1v) is 7.20. The smallest absolute Gasteiger partial charge is 0.330 e. The molecule has 0 aromatic heterocycles. The summed E-state index contributed by atoms with van der Waals surface area (Å²) in [5.74, 6) is -0.323. The lowest BCUT2D eigenvalue weighted by atomic mass is 9.99. The maximum atomic E-state index is 11.4. The number of esters is 1. The van der Waals surface area contributed by atoms with E-state index >= 15 is 0 Å². The van der Waals surface area contributed by atoms with E-state index < -0.39 is 0 Å². The Kier molecular flexibility index (Phi) is 7.40. The molecule has 0 N–H and O–H groups in total. The Hall–Kier alpha value is -1.39. The molecule has 2 nitrogen and oxygen atoms in total. The minimum Gasteiger partial charge on any atom is -0.463 e. The fraction of sp³-hybridized carbons (Fsp3) is 0.118. The van der Waals surface area contributed by atoms with Gasteiger partial charge in [0.05, 0.1) is 6.61 Å². The fourth-order valence-electron chi connectivity index (χ4n) is 1.91. The van der Waals surface area contributed by atoms with Gasteiger partial charge in [-0.05, 0) is 41.8 Å². The first-order valence-electron chi connectivity index (χ1n) is 6.40. The van der Waals surface area contributed by atoms with E-state index in [0.717, 1.165) is 21.2 Å². The summed E-state index contributed by atoms with van der Waals surface area (Å²) in [6.07, 6.45) is 3.24. The van der Waals surface area contributed by atoms with Gasteiger partial charge in [-0.25, -0.2) is 4.79 Å². The quantitative estimate of drug-likeness (QED) is 0.505. The summed E-state index contributed by atoms with van der Waals surface area (Å²) in [5.41, 5.74) is 3.16. The lowest BCUT2D eigenvalue weighted by Gasteiger charge is -2.06. The minimum absolute atomic E-state index is 0. The third-order valence-electron chi connectivity index (χ3n) is 2.78. The van der Waals surface area contributed by atoms with Crippen LogP contribution in [-0.2, 0) is 9.53 Å². The van der Waals surface area contributed by atoms with Crippen molar-refractivity contribution in [2.75, 3.05) is 6.61 Å². The average Bonchev–Trinajstić information content (AvgIpc) is 2.46. The van der Waals surface area contributed by atoms with E-state index in [4.69, 9.17) is 4.74 Å². The molecule has 0 heterocycles. The molecule has 4 heteroatoms. The molecule has 0 aliphatic heterocycles. The Labute approximate surface area is 143 Å². The largest absolute Gasteiger partial charge is 0.463 e. The SMILES string of the molecule is Br.CCOC(=O)/C=C/c1ccccc1-c1cccc(Br)c1. The Morgan fingerprint density at radius 1 is 1.19 bits per heavy atom. The third-order valence-corrected chi connectivity index (χ3v) is 3.28. The molecule has 0 aliphatic rings. The zero-order valence-electron chi connectivity index (χ0n) is 11.6. The van der Waals surface area contributed by atoms with Gasteiger partial charge in [-0.2, -0.15) is 0 Å². The van der Waals surface area contributed by atoms with Crippen molar-refractivity contribution in [1.29, 1.82) is 0 Å². The molecule has 0 atom stereocenters. The van der Waals surface area contributed by atoms with Gasteiger partial charge in [-0.15, -0.1) is 17.0 Å². The molecule has 0 radical (unpaired) electrons. The number of benzene rings is 2. The molecular weight excluding hydrogens is 396 g/mol. The molecule has 2 aromatic carbocycles. The number of hydrogen-bond donors (Lipinski definition) is 0. The van der Waals surface area contributed by atoms with Gasteiger partial charge in [0.25, 0.3) is 0 Å². The van der Waals surface area contributed by atoms with Crippen molar-refractivity contribution in [3.05, 3.63) is 64.6 Å². The second-order valence-electron chi connectivity index (χ2n) is 4.18.